The van der Waals surface area contributed by atoms with Crippen LogP contribution < -0.4 is 10.9 Å². The van der Waals surface area contributed by atoms with Crippen LogP contribution in [0.15, 0.2) is 53.4 Å². The van der Waals surface area contributed by atoms with E-state index in [1.54, 1.807) is 5.43 Å². The maximum absolute atomic E-state index is 13.6. The van der Waals surface area contributed by atoms with Gasteiger partial charge in [-0.05, 0) is 48.5 Å². The van der Waals surface area contributed by atoms with E-state index in [9.17, 15) is 35.6 Å². The van der Waals surface area contributed by atoms with E-state index in [4.69, 9.17) is 0 Å². The number of rotatable bonds is 4. The summed E-state index contributed by atoms with van der Waals surface area (Å²) in [6.45, 7) is 0. The third-order valence-electron chi connectivity index (χ3n) is 4.06. The lowest BCUT2D eigenvalue weighted by Crippen LogP contribution is -2.42. The number of carbonyl (C=O) groups excluding carboxylic acids is 2. The number of hydrazine groups is 1. The number of sulfone groups is 1. The molecule has 168 valence electrons. The smallest absolute Gasteiger partial charge is 0.267 e. The fourth-order valence-electron chi connectivity index (χ4n) is 2.55. The molecule has 14 heteroatoms. The maximum atomic E-state index is 13.6. The first-order chi connectivity index (χ1) is 14.9. The van der Waals surface area contributed by atoms with Gasteiger partial charge in [0, 0.05) is 11.8 Å². The van der Waals surface area contributed by atoms with Crippen molar-refractivity contribution in [1.29, 1.82) is 0 Å². The molecule has 3 rings (SSSR count). The van der Waals surface area contributed by atoms with E-state index in [1.807, 2.05) is 5.43 Å². The first kappa shape index (κ1) is 22.9. The van der Waals surface area contributed by atoms with Gasteiger partial charge in [-0.25, -0.2) is 17.5 Å². The van der Waals surface area contributed by atoms with Gasteiger partial charge < -0.3 is 0 Å². The SMILES string of the molecule is CS(=O)(=O)c1ccc(C(=O)NNC(=O)c2nnn(-c3ccc(F)cc3)c2C(F)(F)F)cc1. The van der Waals surface area contributed by atoms with Crippen LogP contribution in [0.25, 0.3) is 5.69 Å². The van der Waals surface area contributed by atoms with E-state index in [-0.39, 0.29) is 16.1 Å². The van der Waals surface area contributed by atoms with Gasteiger partial charge in [0.25, 0.3) is 11.8 Å². The summed E-state index contributed by atoms with van der Waals surface area (Å²) in [7, 11) is -3.50. The summed E-state index contributed by atoms with van der Waals surface area (Å²) < 4.78 is 77.0. The summed E-state index contributed by atoms with van der Waals surface area (Å²) >= 11 is 0. The van der Waals surface area contributed by atoms with Crippen molar-refractivity contribution in [2.24, 2.45) is 0 Å². The number of hydrogen-bond donors (Lipinski definition) is 2. The molecule has 0 spiro atoms. The molecular weight excluding hydrogens is 458 g/mol. The number of amides is 2. The van der Waals surface area contributed by atoms with Crippen molar-refractivity contribution in [3.8, 4) is 5.69 Å². The highest BCUT2D eigenvalue weighted by atomic mass is 32.2. The number of nitrogens with zero attached hydrogens (tertiary/aromatic N) is 3. The number of hydrogen-bond acceptors (Lipinski definition) is 6. The van der Waals surface area contributed by atoms with Crippen LogP contribution in [0.5, 0.6) is 0 Å². The van der Waals surface area contributed by atoms with Crippen LogP contribution in [0.3, 0.4) is 0 Å². The Hall–Kier alpha value is -3.81. The van der Waals surface area contributed by atoms with Gasteiger partial charge in [0.1, 0.15) is 5.82 Å². The lowest BCUT2D eigenvalue weighted by atomic mass is 10.2. The van der Waals surface area contributed by atoms with Crippen LogP contribution in [0, 0.1) is 5.82 Å². The molecule has 0 bridgehead atoms. The highest BCUT2D eigenvalue weighted by Crippen LogP contribution is 2.32. The zero-order valence-electron chi connectivity index (χ0n) is 16.0. The van der Waals surface area contributed by atoms with Gasteiger partial charge in [0.05, 0.1) is 10.6 Å². The van der Waals surface area contributed by atoms with Gasteiger partial charge in [-0.1, -0.05) is 5.21 Å². The number of halogens is 4. The predicted molar refractivity (Wildman–Crippen MR) is 101 cm³/mol. The molecule has 1 heterocycles. The van der Waals surface area contributed by atoms with Gasteiger partial charge in [-0.2, -0.15) is 13.2 Å². The number of benzene rings is 2. The molecule has 2 amide bonds. The molecule has 0 saturated carbocycles. The van der Waals surface area contributed by atoms with Crippen LogP contribution in [-0.4, -0.2) is 41.5 Å². The number of aromatic nitrogens is 3. The lowest BCUT2D eigenvalue weighted by Gasteiger charge is -2.11. The van der Waals surface area contributed by atoms with Crippen molar-refractivity contribution in [2.75, 3.05) is 6.26 Å². The molecule has 0 saturated heterocycles. The minimum Gasteiger partial charge on any atom is -0.267 e. The summed E-state index contributed by atoms with van der Waals surface area (Å²) in [5, 5.41) is 6.56. The minimum atomic E-state index is -5.06. The van der Waals surface area contributed by atoms with E-state index in [0.717, 1.165) is 54.8 Å². The molecular formula is C18H13F4N5O4S. The fourth-order valence-corrected chi connectivity index (χ4v) is 3.18. The fraction of sp³-hybridized carbons (Fsp3) is 0.111. The maximum Gasteiger partial charge on any atom is 0.435 e. The van der Waals surface area contributed by atoms with Crippen LogP contribution in [0.1, 0.15) is 26.5 Å². The van der Waals surface area contributed by atoms with E-state index in [2.05, 4.69) is 10.3 Å². The van der Waals surface area contributed by atoms with Crippen LogP contribution >= 0.6 is 0 Å². The molecule has 3 aromatic rings. The van der Waals surface area contributed by atoms with Crippen LogP contribution in [-0.2, 0) is 16.0 Å². The standard InChI is InChI=1S/C18H13F4N5O4S/c1-32(30,31)13-8-2-10(3-9-13)16(28)24-25-17(29)14-15(18(20,21)22)27(26-23-14)12-6-4-11(19)5-7-12/h2-9H,1H3,(H,24,28)(H,25,29). The second-order valence-corrected chi connectivity index (χ2v) is 8.39. The summed E-state index contributed by atoms with van der Waals surface area (Å²) in [6.07, 6.45) is -4.09. The highest BCUT2D eigenvalue weighted by Gasteiger charge is 2.42. The van der Waals surface area contributed by atoms with Crippen molar-refractivity contribution in [3.05, 3.63) is 71.3 Å². The zero-order chi connectivity index (χ0) is 23.7. The van der Waals surface area contributed by atoms with Gasteiger partial charge in [-0.3, -0.25) is 20.4 Å². The molecule has 0 unspecified atom stereocenters. The van der Waals surface area contributed by atoms with Crippen molar-refractivity contribution < 1.29 is 35.6 Å². The molecule has 0 aliphatic heterocycles. The molecule has 9 nitrogen and oxygen atoms in total. The number of nitrogens with one attached hydrogen (secondary N) is 2. The molecule has 32 heavy (non-hydrogen) atoms. The van der Waals surface area contributed by atoms with Crippen molar-refractivity contribution in [1.82, 2.24) is 25.8 Å². The van der Waals surface area contributed by atoms with Crippen molar-refractivity contribution in [2.45, 2.75) is 11.1 Å². The monoisotopic (exact) mass is 471 g/mol. The quantitative estimate of drug-likeness (QED) is 0.443. The minimum absolute atomic E-state index is 0.0506. The van der Waals surface area contributed by atoms with Crippen molar-refractivity contribution in [3.63, 3.8) is 0 Å². The second-order valence-electron chi connectivity index (χ2n) is 6.38. The van der Waals surface area contributed by atoms with Crippen LogP contribution in [0.2, 0.25) is 0 Å². The Bertz CT molecular complexity index is 1270. The zero-order valence-corrected chi connectivity index (χ0v) is 16.8. The average molecular weight is 471 g/mol. The molecule has 1 aromatic heterocycles. The first-order valence-electron chi connectivity index (χ1n) is 8.57. The average Bonchev–Trinajstić information content (AvgIpc) is 3.17. The van der Waals surface area contributed by atoms with Gasteiger partial charge >= 0.3 is 6.18 Å². The molecule has 0 radical (unpaired) electrons. The van der Waals surface area contributed by atoms with Crippen LogP contribution in [0.4, 0.5) is 17.6 Å². The topological polar surface area (TPSA) is 123 Å². The number of alkyl halides is 3. The summed E-state index contributed by atoms with van der Waals surface area (Å²) in [6, 6.07) is 8.47. The molecule has 0 aliphatic rings. The highest BCUT2D eigenvalue weighted by molar-refractivity contribution is 7.90. The van der Waals surface area contributed by atoms with Gasteiger partial charge in [0.15, 0.2) is 21.2 Å². The van der Waals surface area contributed by atoms with E-state index < -0.39 is 45.0 Å². The third-order valence-corrected chi connectivity index (χ3v) is 5.19. The Morgan fingerprint density at radius 3 is 2.03 bits per heavy atom. The van der Waals surface area contributed by atoms with Gasteiger partial charge in [0.2, 0.25) is 0 Å². The molecule has 0 fully saturated rings. The first-order valence-corrected chi connectivity index (χ1v) is 10.5. The summed E-state index contributed by atoms with van der Waals surface area (Å²) in [5.74, 6) is -3.02. The largest absolute Gasteiger partial charge is 0.435 e. The van der Waals surface area contributed by atoms with Crippen molar-refractivity contribution >= 4 is 21.7 Å². The normalized spacial score (nSPS) is 11.8. The lowest BCUT2D eigenvalue weighted by molar-refractivity contribution is -0.143. The summed E-state index contributed by atoms with van der Waals surface area (Å²) in [5.41, 5.74) is 0.780. The molecule has 2 aromatic carbocycles. The third kappa shape index (κ3) is 4.91. The van der Waals surface area contributed by atoms with E-state index in [1.165, 1.54) is 0 Å². The Labute approximate surface area is 177 Å². The Morgan fingerprint density at radius 1 is 0.938 bits per heavy atom. The summed E-state index contributed by atoms with van der Waals surface area (Å²) in [4.78, 5) is 24.3. The Kier molecular flexibility index (Phi) is 5.98. The van der Waals surface area contributed by atoms with Gasteiger partial charge in [-0.15, -0.1) is 5.10 Å². The molecule has 0 atom stereocenters. The Balaban J connectivity index is 1.80. The number of carbonyl (C=O) groups is 2. The van der Waals surface area contributed by atoms with E-state index in [0.29, 0.717) is 4.68 Å². The Morgan fingerprint density at radius 2 is 1.50 bits per heavy atom. The van der Waals surface area contributed by atoms with E-state index >= 15 is 0 Å². The molecule has 0 aliphatic carbocycles. The second kappa shape index (κ2) is 8.37. The predicted octanol–water partition coefficient (Wildman–Crippen LogP) is 1.90. The molecule has 2 N–H and O–H groups in total.